The maximum Gasteiger partial charge on any atom is 0.0962 e. The third-order valence-corrected chi connectivity index (χ3v) is 5.73. The van der Waals surface area contributed by atoms with Gasteiger partial charge in [-0.25, -0.2) is 0 Å². The van der Waals surface area contributed by atoms with Crippen LogP contribution in [-0.4, -0.2) is 11.7 Å². The van der Waals surface area contributed by atoms with Gasteiger partial charge in [-0.05, 0) is 42.9 Å². The van der Waals surface area contributed by atoms with Crippen LogP contribution in [0.25, 0.3) is 0 Å². The van der Waals surface area contributed by atoms with Crippen LogP contribution in [0, 0.1) is 0 Å². The monoisotopic (exact) mass is 301 g/mol. The van der Waals surface area contributed by atoms with Crippen molar-refractivity contribution in [3.8, 4) is 0 Å². The molecular formula is C18H23NOS. The van der Waals surface area contributed by atoms with Gasteiger partial charge in [0.05, 0.1) is 6.10 Å². The first-order valence-corrected chi connectivity index (χ1v) is 8.66. The van der Waals surface area contributed by atoms with Gasteiger partial charge in [0.1, 0.15) is 0 Å². The van der Waals surface area contributed by atoms with Gasteiger partial charge in [0, 0.05) is 22.2 Å². The van der Waals surface area contributed by atoms with Gasteiger partial charge in [-0.1, -0.05) is 36.8 Å². The minimum atomic E-state index is -0.491. The Morgan fingerprint density at radius 3 is 2.62 bits per heavy atom. The lowest BCUT2D eigenvalue weighted by molar-refractivity contribution is 0.151. The lowest BCUT2D eigenvalue weighted by atomic mass is 9.92. The largest absolute Gasteiger partial charge is 0.387 e. The molecule has 0 bridgehead atoms. The van der Waals surface area contributed by atoms with E-state index >= 15 is 0 Å². The molecule has 0 spiro atoms. The summed E-state index contributed by atoms with van der Waals surface area (Å²) in [5.41, 5.74) is 8.51. The molecule has 3 heteroatoms. The van der Waals surface area contributed by atoms with Gasteiger partial charge in [0.25, 0.3) is 0 Å². The summed E-state index contributed by atoms with van der Waals surface area (Å²) in [5, 5.41) is 10.8. The molecule has 1 heterocycles. The molecule has 1 aromatic carbocycles. The van der Waals surface area contributed by atoms with Crippen LogP contribution in [0.1, 0.15) is 52.2 Å². The van der Waals surface area contributed by atoms with Crippen molar-refractivity contribution in [1.82, 2.24) is 0 Å². The number of aliphatic hydroxyl groups excluding tert-OH is 1. The van der Waals surface area contributed by atoms with E-state index in [0.29, 0.717) is 6.54 Å². The first-order valence-electron chi connectivity index (χ1n) is 7.84. The van der Waals surface area contributed by atoms with E-state index in [1.165, 1.54) is 36.1 Å². The molecule has 0 amide bonds. The standard InChI is InChI=1S/C18H23NOS/c19-12-15(13-7-3-1-4-8-13)18(20)17-11-14-9-5-2-6-10-16(14)21-17/h1,3-4,7-8,11,15,18,20H,2,5-6,9-10,12,19H2. The molecule has 2 atom stereocenters. The van der Waals surface area contributed by atoms with Gasteiger partial charge in [0.15, 0.2) is 0 Å². The number of thiophene rings is 1. The van der Waals surface area contributed by atoms with Gasteiger partial charge in [-0.2, -0.15) is 0 Å². The number of aliphatic hydroxyl groups is 1. The van der Waals surface area contributed by atoms with Crippen molar-refractivity contribution in [2.45, 2.75) is 44.1 Å². The maximum atomic E-state index is 10.8. The zero-order chi connectivity index (χ0) is 14.7. The Kier molecular flexibility index (Phi) is 4.73. The minimum Gasteiger partial charge on any atom is -0.387 e. The molecule has 0 radical (unpaired) electrons. The highest BCUT2D eigenvalue weighted by molar-refractivity contribution is 7.12. The summed E-state index contributed by atoms with van der Waals surface area (Å²) in [5.74, 6) is -0.0199. The van der Waals surface area contributed by atoms with Gasteiger partial charge >= 0.3 is 0 Å². The Balaban J connectivity index is 1.85. The number of nitrogens with two attached hydrogens (primary N) is 1. The molecule has 0 saturated carbocycles. The topological polar surface area (TPSA) is 46.2 Å². The number of fused-ring (bicyclic) bond motifs is 1. The van der Waals surface area contributed by atoms with E-state index in [2.05, 4.69) is 18.2 Å². The van der Waals surface area contributed by atoms with Crippen LogP contribution in [0.15, 0.2) is 36.4 Å². The fourth-order valence-electron chi connectivity index (χ4n) is 3.18. The van der Waals surface area contributed by atoms with Crippen molar-refractivity contribution >= 4 is 11.3 Å². The summed E-state index contributed by atoms with van der Waals surface area (Å²) < 4.78 is 0. The molecule has 3 rings (SSSR count). The quantitative estimate of drug-likeness (QED) is 0.844. The Labute approximate surface area is 130 Å². The van der Waals surface area contributed by atoms with Crippen molar-refractivity contribution in [1.29, 1.82) is 0 Å². The van der Waals surface area contributed by atoms with Crippen molar-refractivity contribution in [3.05, 3.63) is 57.3 Å². The third kappa shape index (κ3) is 3.20. The van der Waals surface area contributed by atoms with Gasteiger partial charge in [-0.15, -0.1) is 11.3 Å². The third-order valence-electron chi connectivity index (χ3n) is 4.42. The number of rotatable bonds is 4. The molecule has 1 aliphatic rings. The first-order chi connectivity index (χ1) is 10.3. The molecule has 1 aromatic heterocycles. The second kappa shape index (κ2) is 6.73. The number of aryl methyl sites for hydroxylation is 2. The molecule has 0 aliphatic heterocycles. The lowest BCUT2D eigenvalue weighted by Crippen LogP contribution is -2.19. The molecule has 112 valence electrons. The molecule has 0 saturated heterocycles. The molecule has 2 nitrogen and oxygen atoms in total. The average molecular weight is 301 g/mol. The van der Waals surface area contributed by atoms with Gasteiger partial charge in [0.2, 0.25) is 0 Å². The average Bonchev–Trinajstić information content (AvgIpc) is 2.80. The Morgan fingerprint density at radius 2 is 1.86 bits per heavy atom. The maximum absolute atomic E-state index is 10.8. The normalized spacial score (nSPS) is 17.8. The van der Waals surface area contributed by atoms with E-state index in [1.54, 1.807) is 11.3 Å². The number of benzene rings is 1. The van der Waals surface area contributed by atoms with Crippen molar-refractivity contribution < 1.29 is 5.11 Å². The fraction of sp³-hybridized carbons (Fsp3) is 0.444. The van der Waals surface area contributed by atoms with Crippen molar-refractivity contribution in [3.63, 3.8) is 0 Å². The summed E-state index contributed by atoms with van der Waals surface area (Å²) in [6.45, 7) is 0.466. The van der Waals surface area contributed by atoms with Crippen LogP contribution in [0.4, 0.5) is 0 Å². The summed E-state index contributed by atoms with van der Waals surface area (Å²) in [7, 11) is 0. The van der Waals surface area contributed by atoms with Crippen LogP contribution in [0.5, 0.6) is 0 Å². The van der Waals surface area contributed by atoms with E-state index in [-0.39, 0.29) is 5.92 Å². The summed E-state index contributed by atoms with van der Waals surface area (Å²) in [6.07, 6.45) is 5.73. The highest BCUT2D eigenvalue weighted by atomic mass is 32.1. The summed E-state index contributed by atoms with van der Waals surface area (Å²) in [6, 6.07) is 12.3. The van der Waals surface area contributed by atoms with Gasteiger partial charge < -0.3 is 10.8 Å². The number of hydrogen-bond acceptors (Lipinski definition) is 3. The SMILES string of the molecule is NCC(c1ccccc1)C(O)c1cc2c(s1)CCCCC2. The lowest BCUT2D eigenvalue weighted by Gasteiger charge is -2.21. The van der Waals surface area contributed by atoms with E-state index in [1.807, 2.05) is 18.2 Å². The van der Waals surface area contributed by atoms with Crippen LogP contribution in [0.3, 0.4) is 0 Å². The predicted molar refractivity (Wildman–Crippen MR) is 88.8 cm³/mol. The zero-order valence-electron chi connectivity index (χ0n) is 12.3. The van der Waals surface area contributed by atoms with Crippen LogP contribution >= 0.6 is 11.3 Å². The summed E-state index contributed by atoms with van der Waals surface area (Å²) >= 11 is 1.79. The van der Waals surface area contributed by atoms with E-state index in [0.717, 1.165) is 16.9 Å². The van der Waals surface area contributed by atoms with Crippen LogP contribution in [-0.2, 0) is 12.8 Å². The van der Waals surface area contributed by atoms with Crippen molar-refractivity contribution in [2.24, 2.45) is 5.73 Å². The predicted octanol–water partition coefficient (Wildman–Crippen LogP) is 3.79. The van der Waals surface area contributed by atoms with E-state index < -0.39 is 6.10 Å². The molecule has 1 aliphatic carbocycles. The fourth-order valence-corrected chi connectivity index (χ4v) is 4.49. The molecular weight excluding hydrogens is 278 g/mol. The first kappa shape index (κ1) is 14.8. The summed E-state index contributed by atoms with van der Waals surface area (Å²) in [4.78, 5) is 2.56. The molecule has 2 unspecified atom stereocenters. The van der Waals surface area contributed by atoms with Crippen LogP contribution in [0.2, 0.25) is 0 Å². The Morgan fingerprint density at radius 1 is 1.10 bits per heavy atom. The van der Waals surface area contributed by atoms with Gasteiger partial charge in [-0.3, -0.25) is 0 Å². The second-order valence-corrected chi connectivity index (χ2v) is 7.02. The Bertz CT molecular complexity index is 555. The highest BCUT2D eigenvalue weighted by Gasteiger charge is 2.24. The molecule has 2 aromatic rings. The number of hydrogen-bond donors (Lipinski definition) is 2. The molecule has 21 heavy (non-hydrogen) atoms. The van der Waals surface area contributed by atoms with Crippen molar-refractivity contribution in [2.75, 3.05) is 6.54 Å². The van der Waals surface area contributed by atoms with E-state index in [4.69, 9.17) is 5.73 Å². The highest BCUT2D eigenvalue weighted by Crippen LogP contribution is 2.37. The Hall–Kier alpha value is -1.16. The molecule has 3 N–H and O–H groups in total. The second-order valence-electron chi connectivity index (χ2n) is 5.86. The smallest absolute Gasteiger partial charge is 0.0962 e. The van der Waals surface area contributed by atoms with E-state index in [9.17, 15) is 5.11 Å². The zero-order valence-corrected chi connectivity index (χ0v) is 13.1. The van der Waals surface area contributed by atoms with Crippen LogP contribution < -0.4 is 5.73 Å². The minimum absolute atomic E-state index is 0.0199. The molecule has 0 fully saturated rings.